The second kappa shape index (κ2) is 12.3. The van der Waals surface area contributed by atoms with Gasteiger partial charge in [0.25, 0.3) is 5.91 Å². The highest BCUT2D eigenvalue weighted by molar-refractivity contribution is 8.01. The van der Waals surface area contributed by atoms with Crippen LogP contribution in [0.2, 0.25) is 5.02 Å². The van der Waals surface area contributed by atoms with Crippen LogP contribution in [0.5, 0.6) is 0 Å². The molecule has 2 aromatic carbocycles. The van der Waals surface area contributed by atoms with E-state index in [0.29, 0.717) is 16.1 Å². The Hall–Kier alpha value is -3.00. The third kappa shape index (κ3) is 6.40. The SMILES string of the molecule is CCSc1nnc(NC(=O)CSc2nnc(CNC(=O)c3c(F)cccc3Cl)n2-c2ccccc2)s1. The Bertz CT molecular complexity index is 1350. The largest absolute Gasteiger partial charge is 0.345 e. The van der Waals surface area contributed by atoms with Gasteiger partial charge in [-0.15, -0.1) is 20.4 Å². The van der Waals surface area contributed by atoms with Crippen molar-refractivity contribution in [3.63, 3.8) is 0 Å². The third-order valence-corrected chi connectivity index (χ3v) is 7.66. The minimum Gasteiger partial charge on any atom is -0.345 e. The molecule has 0 spiro atoms. The number of benzene rings is 2. The zero-order valence-corrected chi connectivity index (χ0v) is 22.0. The molecule has 9 nitrogen and oxygen atoms in total. The fourth-order valence-electron chi connectivity index (χ4n) is 3.03. The predicted molar refractivity (Wildman–Crippen MR) is 140 cm³/mol. The van der Waals surface area contributed by atoms with Crippen molar-refractivity contribution in [2.75, 3.05) is 16.8 Å². The zero-order valence-electron chi connectivity index (χ0n) is 18.8. The number of aromatic nitrogens is 5. The van der Waals surface area contributed by atoms with Gasteiger partial charge in [-0.1, -0.05) is 77.7 Å². The minimum absolute atomic E-state index is 0.00937. The highest BCUT2D eigenvalue weighted by atomic mass is 35.5. The van der Waals surface area contributed by atoms with E-state index in [1.165, 1.54) is 35.2 Å². The first-order chi connectivity index (χ1) is 17.5. The van der Waals surface area contributed by atoms with E-state index < -0.39 is 11.7 Å². The molecule has 4 rings (SSSR count). The van der Waals surface area contributed by atoms with E-state index in [2.05, 4.69) is 31.0 Å². The van der Waals surface area contributed by atoms with Crippen molar-refractivity contribution < 1.29 is 14.0 Å². The van der Waals surface area contributed by atoms with E-state index in [4.69, 9.17) is 11.6 Å². The predicted octanol–water partition coefficient (Wildman–Crippen LogP) is 4.68. The van der Waals surface area contributed by atoms with Gasteiger partial charge in [0.2, 0.25) is 11.0 Å². The van der Waals surface area contributed by atoms with Crippen LogP contribution in [0, 0.1) is 5.82 Å². The van der Waals surface area contributed by atoms with Crippen molar-refractivity contribution in [2.24, 2.45) is 0 Å². The number of amides is 2. The summed E-state index contributed by atoms with van der Waals surface area (Å²) in [5.41, 5.74) is 0.498. The molecule has 4 aromatic rings. The summed E-state index contributed by atoms with van der Waals surface area (Å²) in [6.07, 6.45) is 0. The van der Waals surface area contributed by atoms with Gasteiger partial charge >= 0.3 is 0 Å². The molecule has 0 bridgehead atoms. The number of carbonyl (C=O) groups excluding carboxylic acids is 2. The van der Waals surface area contributed by atoms with Gasteiger partial charge in [0.15, 0.2) is 15.3 Å². The maximum absolute atomic E-state index is 14.1. The van der Waals surface area contributed by atoms with Crippen molar-refractivity contribution in [2.45, 2.75) is 23.0 Å². The molecule has 0 unspecified atom stereocenters. The number of para-hydroxylation sites is 1. The van der Waals surface area contributed by atoms with Crippen LogP contribution in [0.1, 0.15) is 23.1 Å². The van der Waals surface area contributed by atoms with Gasteiger partial charge in [-0.3, -0.25) is 19.5 Å². The number of anilines is 1. The highest BCUT2D eigenvalue weighted by Crippen LogP contribution is 2.26. The van der Waals surface area contributed by atoms with Crippen LogP contribution < -0.4 is 10.6 Å². The number of nitrogens with one attached hydrogen (secondary N) is 2. The molecule has 36 heavy (non-hydrogen) atoms. The van der Waals surface area contributed by atoms with Gasteiger partial charge in [-0.05, 0) is 30.0 Å². The molecule has 186 valence electrons. The monoisotopic (exact) mass is 563 g/mol. The number of hydrogen-bond donors (Lipinski definition) is 2. The summed E-state index contributed by atoms with van der Waals surface area (Å²) in [7, 11) is 0. The Morgan fingerprint density at radius 1 is 1.06 bits per heavy atom. The van der Waals surface area contributed by atoms with E-state index >= 15 is 0 Å². The van der Waals surface area contributed by atoms with Crippen LogP contribution >= 0.6 is 46.5 Å². The van der Waals surface area contributed by atoms with Crippen molar-refractivity contribution >= 4 is 63.4 Å². The summed E-state index contributed by atoms with van der Waals surface area (Å²) >= 11 is 10.0. The lowest BCUT2D eigenvalue weighted by Crippen LogP contribution is -2.26. The summed E-state index contributed by atoms with van der Waals surface area (Å²) in [6, 6.07) is 13.3. The number of nitrogens with zero attached hydrogens (tertiary/aromatic N) is 5. The van der Waals surface area contributed by atoms with Crippen molar-refractivity contribution in [3.05, 3.63) is 70.8 Å². The highest BCUT2D eigenvalue weighted by Gasteiger charge is 2.20. The Morgan fingerprint density at radius 2 is 1.86 bits per heavy atom. The van der Waals surface area contributed by atoms with Crippen molar-refractivity contribution in [1.82, 2.24) is 30.3 Å². The van der Waals surface area contributed by atoms with Gasteiger partial charge in [0.05, 0.1) is 22.9 Å². The first-order valence-electron chi connectivity index (χ1n) is 10.6. The van der Waals surface area contributed by atoms with E-state index in [0.717, 1.165) is 21.8 Å². The van der Waals surface area contributed by atoms with Crippen LogP contribution in [0.3, 0.4) is 0 Å². The summed E-state index contributed by atoms with van der Waals surface area (Å²) in [5, 5.41) is 22.6. The smallest absolute Gasteiger partial charge is 0.256 e. The lowest BCUT2D eigenvalue weighted by molar-refractivity contribution is -0.113. The molecule has 0 atom stereocenters. The third-order valence-electron chi connectivity index (χ3n) is 4.56. The average molecular weight is 564 g/mol. The van der Waals surface area contributed by atoms with Crippen LogP contribution in [0.15, 0.2) is 58.0 Å². The lowest BCUT2D eigenvalue weighted by atomic mass is 10.2. The van der Waals surface area contributed by atoms with Crippen LogP contribution in [-0.2, 0) is 11.3 Å². The van der Waals surface area contributed by atoms with E-state index in [-0.39, 0.29) is 28.8 Å². The summed E-state index contributed by atoms with van der Waals surface area (Å²) in [5.74, 6) is -0.345. The molecule has 0 fully saturated rings. The fourth-order valence-corrected chi connectivity index (χ4v) is 5.72. The maximum Gasteiger partial charge on any atom is 0.256 e. The molecular weight excluding hydrogens is 545 g/mol. The normalized spacial score (nSPS) is 10.9. The molecule has 2 heterocycles. The van der Waals surface area contributed by atoms with Gasteiger partial charge in [0, 0.05) is 5.69 Å². The first-order valence-corrected chi connectivity index (χ1v) is 13.7. The number of carbonyl (C=O) groups is 2. The molecule has 2 N–H and O–H groups in total. The second-order valence-corrected chi connectivity index (χ2v) is 10.8. The number of hydrogen-bond acceptors (Lipinski definition) is 9. The Labute approximate surface area is 223 Å². The van der Waals surface area contributed by atoms with Gasteiger partial charge in [-0.25, -0.2) is 4.39 Å². The average Bonchev–Trinajstić information content (AvgIpc) is 3.48. The van der Waals surface area contributed by atoms with Gasteiger partial charge in [0.1, 0.15) is 5.82 Å². The quantitative estimate of drug-likeness (QED) is 0.211. The van der Waals surface area contributed by atoms with Crippen molar-refractivity contribution in [1.29, 1.82) is 0 Å². The molecule has 0 aliphatic carbocycles. The number of rotatable bonds is 10. The van der Waals surface area contributed by atoms with Gasteiger partial charge in [-0.2, -0.15) is 0 Å². The number of halogens is 2. The number of thioether (sulfide) groups is 2. The molecular formula is C22H19ClFN7O2S3. The maximum atomic E-state index is 14.1. The molecule has 0 saturated carbocycles. The standard InChI is InChI=1S/C22H19ClFN7O2S3/c1-2-34-22-30-28-20(36-22)26-17(32)12-35-21-29-27-16(31(21)13-7-4-3-5-8-13)11-25-19(33)18-14(23)9-6-10-15(18)24/h3-10H,2,11-12H2,1H3,(H,25,33)(H,26,28,32). The summed E-state index contributed by atoms with van der Waals surface area (Å²) < 4.78 is 16.6. The molecule has 0 saturated heterocycles. The van der Waals surface area contributed by atoms with Crippen LogP contribution in [0.4, 0.5) is 9.52 Å². The summed E-state index contributed by atoms with van der Waals surface area (Å²) in [6.45, 7) is 1.97. The Balaban J connectivity index is 1.47. The fraction of sp³-hybridized carbons (Fsp3) is 0.182. The lowest BCUT2D eigenvalue weighted by Gasteiger charge is -2.11. The molecule has 14 heteroatoms. The molecule has 2 amide bonds. The van der Waals surface area contributed by atoms with E-state index in [1.54, 1.807) is 16.3 Å². The minimum atomic E-state index is -0.720. The van der Waals surface area contributed by atoms with Crippen LogP contribution in [0.25, 0.3) is 5.69 Å². The van der Waals surface area contributed by atoms with E-state index in [1.807, 2.05) is 37.3 Å². The molecule has 2 aromatic heterocycles. The Kier molecular flexibility index (Phi) is 8.91. The first kappa shape index (κ1) is 26.1. The second-order valence-electron chi connectivity index (χ2n) is 6.99. The zero-order chi connectivity index (χ0) is 25.5. The Morgan fingerprint density at radius 3 is 2.61 bits per heavy atom. The molecule has 0 radical (unpaired) electrons. The van der Waals surface area contributed by atoms with Crippen LogP contribution in [-0.4, -0.2) is 48.3 Å². The summed E-state index contributed by atoms with van der Waals surface area (Å²) in [4.78, 5) is 25.1. The molecule has 0 aliphatic heterocycles. The van der Waals surface area contributed by atoms with Crippen molar-refractivity contribution in [3.8, 4) is 5.69 Å². The molecule has 0 aliphatic rings. The van der Waals surface area contributed by atoms with Gasteiger partial charge < -0.3 is 5.32 Å². The van der Waals surface area contributed by atoms with E-state index in [9.17, 15) is 14.0 Å². The topological polar surface area (TPSA) is 115 Å².